The molecule has 2 saturated heterocycles. The second-order valence-corrected chi connectivity index (χ2v) is 9.88. The van der Waals surface area contributed by atoms with Gasteiger partial charge in [0.1, 0.15) is 5.69 Å². The topological polar surface area (TPSA) is 88.4 Å². The van der Waals surface area contributed by atoms with Gasteiger partial charge in [-0.15, -0.1) is 5.10 Å². The lowest BCUT2D eigenvalue weighted by atomic mass is 9.91. The molecule has 2 aliphatic heterocycles. The highest BCUT2D eigenvalue weighted by Gasteiger charge is 2.38. The zero-order valence-corrected chi connectivity index (χ0v) is 15.9. The fourth-order valence-corrected chi connectivity index (χ4v) is 6.14. The van der Waals surface area contributed by atoms with Crippen molar-refractivity contribution in [1.29, 1.82) is 0 Å². The zero-order chi connectivity index (χ0) is 18.1. The summed E-state index contributed by atoms with van der Waals surface area (Å²) >= 11 is 0. The predicted octanol–water partition coefficient (Wildman–Crippen LogP) is 1.17. The summed E-state index contributed by atoms with van der Waals surface area (Å²) in [6, 6.07) is 0.0478. The molecular weight excluding hydrogens is 354 g/mol. The van der Waals surface area contributed by atoms with Crippen LogP contribution in [0.3, 0.4) is 0 Å². The van der Waals surface area contributed by atoms with Crippen LogP contribution in [0.4, 0.5) is 0 Å². The number of nitrogens with zero attached hydrogens (tertiary/aromatic N) is 5. The molecule has 0 radical (unpaired) electrons. The Morgan fingerprint density at radius 3 is 2.58 bits per heavy atom. The van der Waals surface area contributed by atoms with Crippen LogP contribution in [0, 0.1) is 5.92 Å². The van der Waals surface area contributed by atoms with E-state index in [0.717, 1.165) is 44.3 Å². The number of likely N-dealkylation sites (tertiary alicyclic amines) is 1. The van der Waals surface area contributed by atoms with E-state index in [1.54, 1.807) is 13.9 Å². The highest BCUT2D eigenvalue weighted by atomic mass is 32.2. The Kier molecular flexibility index (Phi) is 5.00. The Balaban J connectivity index is 1.29. The van der Waals surface area contributed by atoms with E-state index in [9.17, 15) is 13.2 Å². The van der Waals surface area contributed by atoms with Crippen LogP contribution in [-0.4, -0.2) is 63.9 Å². The van der Waals surface area contributed by atoms with Crippen LogP contribution in [0.2, 0.25) is 0 Å². The summed E-state index contributed by atoms with van der Waals surface area (Å²) in [6.07, 6.45) is 9.00. The maximum atomic E-state index is 12.6. The van der Waals surface area contributed by atoms with Crippen molar-refractivity contribution in [3.8, 4) is 0 Å². The molecule has 144 valence electrons. The van der Waals surface area contributed by atoms with E-state index in [1.165, 1.54) is 6.42 Å². The molecule has 4 rings (SSSR count). The van der Waals surface area contributed by atoms with Gasteiger partial charge in [-0.2, -0.15) is 4.31 Å². The molecule has 3 aliphatic rings. The second-order valence-electron chi connectivity index (χ2n) is 7.86. The number of carbonyl (C=O) groups excluding carboxylic acids is 1. The molecule has 8 nitrogen and oxygen atoms in total. The molecule has 0 N–H and O–H groups in total. The van der Waals surface area contributed by atoms with E-state index in [1.807, 2.05) is 6.20 Å². The Morgan fingerprint density at radius 1 is 1.12 bits per heavy atom. The van der Waals surface area contributed by atoms with Gasteiger partial charge in [-0.1, -0.05) is 24.5 Å². The average molecular weight is 382 g/mol. The highest BCUT2D eigenvalue weighted by molar-refractivity contribution is 7.89. The number of hydrogen-bond donors (Lipinski definition) is 0. The number of carbonyl (C=O) groups is 1. The second kappa shape index (κ2) is 7.26. The smallest absolute Gasteiger partial charge is 0.222 e. The quantitative estimate of drug-likeness (QED) is 0.738. The molecule has 0 atom stereocenters. The van der Waals surface area contributed by atoms with Crippen LogP contribution >= 0.6 is 0 Å². The first-order valence-corrected chi connectivity index (χ1v) is 11.3. The Hall–Kier alpha value is -1.48. The van der Waals surface area contributed by atoms with Crippen LogP contribution < -0.4 is 0 Å². The molecule has 0 spiro atoms. The Bertz CT molecular complexity index is 750. The molecule has 0 aromatic carbocycles. The summed E-state index contributed by atoms with van der Waals surface area (Å²) in [5, 5.41) is 8.29. The van der Waals surface area contributed by atoms with Gasteiger partial charge in [0, 0.05) is 26.1 Å². The van der Waals surface area contributed by atoms with Gasteiger partial charge in [-0.05, 0) is 25.2 Å². The highest BCUT2D eigenvalue weighted by Crippen LogP contribution is 2.29. The van der Waals surface area contributed by atoms with Crippen LogP contribution in [-0.2, 0) is 21.4 Å². The van der Waals surface area contributed by atoms with Crippen molar-refractivity contribution in [1.82, 2.24) is 24.2 Å². The van der Waals surface area contributed by atoms with Gasteiger partial charge in [-0.25, -0.2) is 13.1 Å². The number of hydrogen-bond acceptors (Lipinski definition) is 5. The largest absolute Gasteiger partial charge is 0.337 e. The van der Waals surface area contributed by atoms with Gasteiger partial charge in [0.05, 0.1) is 24.5 Å². The SMILES string of the molecule is O=C1CCCN1Cc1cn(C2CN(S(=O)(=O)CC3CCCCC3)C2)nn1. The van der Waals surface area contributed by atoms with Crippen LogP contribution in [0.1, 0.15) is 56.7 Å². The summed E-state index contributed by atoms with van der Waals surface area (Å²) in [5.41, 5.74) is 0.767. The summed E-state index contributed by atoms with van der Waals surface area (Å²) in [4.78, 5) is 13.5. The van der Waals surface area contributed by atoms with Gasteiger partial charge in [0.15, 0.2) is 0 Å². The van der Waals surface area contributed by atoms with Crippen molar-refractivity contribution in [2.75, 3.05) is 25.4 Å². The first kappa shape index (κ1) is 17.9. The average Bonchev–Trinajstić information content (AvgIpc) is 3.16. The minimum Gasteiger partial charge on any atom is -0.337 e. The summed E-state index contributed by atoms with van der Waals surface area (Å²) in [7, 11) is -3.16. The minimum atomic E-state index is -3.16. The normalized spacial score (nSPS) is 23.5. The molecule has 1 aromatic heterocycles. The van der Waals surface area contributed by atoms with Crippen molar-refractivity contribution in [3.63, 3.8) is 0 Å². The van der Waals surface area contributed by atoms with E-state index in [0.29, 0.717) is 37.7 Å². The molecule has 1 saturated carbocycles. The van der Waals surface area contributed by atoms with E-state index < -0.39 is 10.0 Å². The number of sulfonamides is 1. The molecule has 1 aliphatic carbocycles. The minimum absolute atomic E-state index is 0.0478. The van der Waals surface area contributed by atoms with E-state index in [2.05, 4.69) is 10.3 Å². The van der Waals surface area contributed by atoms with Crippen molar-refractivity contribution in [2.45, 2.75) is 57.5 Å². The number of amides is 1. The molecule has 3 heterocycles. The van der Waals surface area contributed by atoms with Crippen molar-refractivity contribution in [2.24, 2.45) is 5.92 Å². The first-order valence-electron chi connectivity index (χ1n) is 9.67. The standard InChI is InChI=1S/C17H27N5O3S/c23-17-7-4-8-20(17)9-15-10-22(19-18-15)16-11-21(12-16)26(24,25)13-14-5-2-1-3-6-14/h10,14,16H,1-9,11-13H2. The number of rotatable bonds is 6. The van der Waals surface area contributed by atoms with Crippen molar-refractivity contribution < 1.29 is 13.2 Å². The van der Waals surface area contributed by atoms with Gasteiger partial charge < -0.3 is 4.90 Å². The molecule has 1 amide bonds. The monoisotopic (exact) mass is 381 g/mol. The molecule has 26 heavy (non-hydrogen) atoms. The third-order valence-electron chi connectivity index (χ3n) is 5.85. The third kappa shape index (κ3) is 3.78. The lowest BCUT2D eigenvalue weighted by Crippen LogP contribution is -2.52. The molecule has 0 unspecified atom stereocenters. The van der Waals surface area contributed by atoms with Crippen molar-refractivity contribution in [3.05, 3.63) is 11.9 Å². The van der Waals surface area contributed by atoms with Crippen LogP contribution in [0.15, 0.2) is 6.20 Å². The molecule has 9 heteroatoms. The Morgan fingerprint density at radius 2 is 1.88 bits per heavy atom. The summed E-state index contributed by atoms with van der Waals surface area (Å²) < 4.78 is 28.5. The predicted molar refractivity (Wildman–Crippen MR) is 95.6 cm³/mol. The maximum Gasteiger partial charge on any atom is 0.222 e. The fourth-order valence-electron chi connectivity index (χ4n) is 4.20. The van der Waals surface area contributed by atoms with E-state index >= 15 is 0 Å². The molecule has 3 fully saturated rings. The van der Waals surface area contributed by atoms with Gasteiger partial charge in [0.25, 0.3) is 0 Å². The molecular formula is C17H27N5O3S. The van der Waals surface area contributed by atoms with Gasteiger partial charge >= 0.3 is 0 Å². The van der Waals surface area contributed by atoms with Gasteiger partial charge in [-0.3, -0.25) is 4.79 Å². The van der Waals surface area contributed by atoms with Crippen LogP contribution in [0.25, 0.3) is 0 Å². The summed E-state index contributed by atoms with van der Waals surface area (Å²) in [5.74, 6) is 0.784. The van der Waals surface area contributed by atoms with Gasteiger partial charge in [0.2, 0.25) is 15.9 Å². The van der Waals surface area contributed by atoms with Crippen LogP contribution in [0.5, 0.6) is 0 Å². The fraction of sp³-hybridized carbons (Fsp3) is 0.824. The van der Waals surface area contributed by atoms with E-state index in [4.69, 9.17) is 0 Å². The lowest BCUT2D eigenvalue weighted by Gasteiger charge is -2.38. The number of aromatic nitrogens is 3. The zero-order valence-electron chi connectivity index (χ0n) is 15.1. The third-order valence-corrected chi connectivity index (χ3v) is 7.83. The maximum absolute atomic E-state index is 12.6. The molecule has 1 aromatic rings. The van der Waals surface area contributed by atoms with E-state index in [-0.39, 0.29) is 11.9 Å². The molecule has 0 bridgehead atoms. The lowest BCUT2D eigenvalue weighted by molar-refractivity contribution is -0.128. The Labute approximate surface area is 154 Å². The first-order chi connectivity index (χ1) is 12.5. The van der Waals surface area contributed by atoms with Crippen molar-refractivity contribution >= 4 is 15.9 Å². The summed E-state index contributed by atoms with van der Waals surface area (Å²) in [6.45, 7) is 2.22.